The zero-order chi connectivity index (χ0) is 20.5. The van der Waals surface area contributed by atoms with Crippen LogP contribution in [0.15, 0.2) is 84.9 Å². The summed E-state index contributed by atoms with van der Waals surface area (Å²) in [5.41, 5.74) is 0. The number of rotatable bonds is 9. The molecule has 0 saturated heterocycles. The van der Waals surface area contributed by atoms with Crippen molar-refractivity contribution in [3.05, 3.63) is 84.9 Å². The number of benzene rings is 3. The van der Waals surface area contributed by atoms with Gasteiger partial charge in [-0.15, -0.1) is 0 Å². The number of ether oxygens (including phenoxy) is 1. The lowest BCUT2D eigenvalue weighted by Crippen LogP contribution is -2.22. The van der Waals surface area contributed by atoms with Crippen LogP contribution >= 0.6 is 7.92 Å². The summed E-state index contributed by atoms with van der Waals surface area (Å²) in [7, 11) is -0.643. The van der Waals surface area contributed by atoms with Crippen molar-refractivity contribution in [3.8, 4) is 5.75 Å². The van der Waals surface area contributed by atoms with Crippen LogP contribution < -0.4 is 20.7 Å². The topological polar surface area (TPSA) is 26.3 Å². The van der Waals surface area contributed by atoms with Gasteiger partial charge in [0.05, 0.1) is 5.92 Å². The number of hydrogen-bond acceptors (Lipinski definition) is 2. The predicted molar refractivity (Wildman–Crippen MR) is 124 cm³/mol. The van der Waals surface area contributed by atoms with Crippen molar-refractivity contribution in [1.29, 1.82) is 0 Å². The molecule has 0 unspecified atom stereocenters. The van der Waals surface area contributed by atoms with E-state index in [-0.39, 0.29) is 11.9 Å². The van der Waals surface area contributed by atoms with E-state index in [1.807, 2.05) is 24.3 Å². The maximum absolute atomic E-state index is 12.5. The van der Waals surface area contributed by atoms with Gasteiger partial charge in [0.15, 0.2) is 0 Å². The van der Waals surface area contributed by atoms with Crippen molar-refractivity contribution < 1.29 is 9.53 Å². The van der Waals surface area contributed by atoms with E-state index in [9.17, 15) is 4.79 Å². The highest BCUT2D eigenvalue weighted by Gasteiger charge is 2.20. The first-order valence-corrected chi connectivity index (χ1v) is 11.8. The Bertz CT molecular complexity index is 830. The fraction of sp³-hybridized carbons (Fsp3) is 0.269. The van der Waals surface area contributed by atoms with Gasteiger partial charge in [0.25, 0.3) is 0 Å². The molecule has 0 aliphatic carbocycles. The highest BCUT2D eigenvalue weighted by molar-refractivity contribution is 7.79. The summed E-state index contributed by atoms with van der Waals surface area (Å²) in [4.78, 5) is 12.5. The fourth-order valence-electron chi connectivity index (χ4n) is 3.54. The monoisotopic (exact) mass is 404 g/mol. The zero-order valence-corrected chi connectivity index (χ0v) is 18.1. The second-order valence-electron chi connectivity index (χ2n) is 7.20. The molecule has 3 aromatic rings. The molecular formula is C26H29O2P. The van der Waals surface area contributed by atoms with Crippen LogP contribution in [0.3, 0.4) is 0 Å². The van der Waals surface area contributed by atoms with Crippen LogP contribution in [0.2, 0.25) is 0 Å². The van der Waals surface area contributed by atoms with E-state index in [0.29, 0.717) is 5.75 Å². The van der Waals surface area contributed by atoms with E-state index >= 15 is 0 Å². The minimum absolute atomic E-state index is 0.00422. The third-order valence-electron chi connectivity index (χ3n) is 4.95. The summed E-state index contributed by atoms with van der Waals surface area (Å²) in [6.07, 6.45) is 3.77. The molecule has 0 amide bonds. The Balaban J connectivity index is 1.82. The number of carbonyl (C=O) groups is 1. The van der Waals surface area contributed by atoms with E-state index in [0.717, 1.165) is 25.7 Å². The first-order valence-electron chi connectivity index (χ1n) is 10.4. The van der Waals surface area contributed by atoms with Crippen molar-refractivity contribution in [3.63, 3.8) is 0 Å². The molecule has 0 N–H and O–H groups in total. The molecular weight excluding hydrogens is 375 g/mol. The van der Waals surface area contributed by atoms with Gasteiger partial charge in [-0.1, -0.05) is 99.5 Å². The zero-order valence-electron chi connectivity index (χ0n) is 17.3. The predicted octanol–water partition coefficient (Wildman–Crippen LogP) is 5.57. The van der Waals surface area contributed by atoms with Gasteiger partial charge in [-0.25, -0.2) is 0 Å². The minimum Gasteiger partial charge on any atom is -0.426 e. The van der Waals surface area contributed by atoms with E-state index in [1.165, 1.54) is 15.9 Å². The molecule has 0 fully saturated rings. The van der Waals surface area contributed by atoms with Gasteiger partial charge in [-0.2, -0.15) is 0 Å². The molecule has 3 heteroatoms. The lowest BCUT2D eigenvalue weighted by Gasteiger charge is -2.20. The lowest BCUT2D eigenvalue weighted by atomic mass is 9.99. The van der Waals surface area contributed by atoms with Gasteiger partial charge in [0.1, 0.15) is 5.75 Å². The smallest absolute Gasteiger partial charge is 0.314 e. The summed E-state index contributed by atoms with van der Waals surface area (Å²) in [5.74, 6) is 0.525. The van der Waals surface area contributed by atoms with Crippen molar-refractivity contribution in [1.82, 2.24) is 0 Å². The van der Waals surface area contributed by atoms with Gasteiger partial charge < -0.3 is 4.74 Å². The average Bonchev–Trinajstić information content (AvgIpc) is 2.76. The van der Waals surface area contributed by atoms with Gasteiger partial charge >= 0.3 is 5.97 Å². The summed E-state index contributed by atoms with van der Waals surface area (Å²) >= 11 is 0. The molecule has 0 atom stereocenters. The number of carbonyl (C=O) groups excluding carboxylic acids is 1. The lowest BCUT2D eigenvalue weighted by molar-refractivity contribution is -0.139. The third-order valence-corrected chi connectivity index (χ3v) is 7.39. The molecule has 3 aromatic carbocycles. The fourth-order valence-corrected chi connectivity index (χ4v) is 5.82. The summed E-state index contributed by atoms with van der Waals surface area (Å²) in [6, 6.07) is 29.3. The van der Waals surface area contributed by atoms with Crippen LogP contribution in [-0.4, -0.2) is 5.97 Å². The Labute approximate surface area is 175 Å². The quantitative estimate of drug-likeness (QED) is 0.265. The standard InChI is InChI=1S/C26H29O2P/c1-3-11-21(12-4-2)26(27)28-22-17-19-25(20-18-22)29(23-13-7-5-8-14-23)24-15-9-6-10-16-24/h5-10,13-21H,3-4,11-12H2,1-2H3. The molecule has 0 aliphatic rings. The van der Waals surface area contributed by atoms with Crippen LogP contribution in [-0.2, 0) is 4.79 Å². The summed E-state index contributed by atoms with van der Waals surface area (Å²) in [6.45, 7) is 4.22. The summed E-state index contributed by atoms with van der Waals surface area (Å²) in [5, 5.41) is 3.87. The molecule has 2 nitrogen and oxygen atoms in total. The Hall–Kier alpha value is -2.44. The maximum Gasteiger partial charge on any atom is 0.314 e. The normalized spacial score (nSPS) is 11.0. The van der Waals surface area contributed by atoms with Crippen LogP contribution in [0, 0.1) is 5.92 Å². The van der Waals surface area contributed by atoms with Crippen molar-refractivity contribution >= 4 is 29.8 Å². The van der Waals surface area contributed by atoms with Crippen molar-refractivity contribution in [2.24, 2.45) is 5.92 Å². The minimum atomic E-state index is -0.643. The van der Waals surface area contributed by atoms with Crippen LogP contribution in [0.5, 0.6) is 5.75 Å². The molecule has 0 radical (unpaired) electrons. The van der Waals surface area contributed by atoms with Crippen LogP contribution in [0.4, 0.5) is 0 Å². The molecule has 0 aromatic heterocycles. The van der Waals surface area contributed by atoms with Crippen molar-refractivity contribution in [2.45, 2.75) is 39.5 Å². The number of hydrogen-bond donors (Lipinski definition) is 0. The Morgan fingerprint density at radius 1 is 0.724 bits per heavy atom. The molecule has 0 bridgehead atoms. The van der Waals surface area contributed by atoms with Crippen molar-refractivity contribution in [2.75, 3.05) is 0 Å². The molecule has 0 aliphatic heterocycles. The molecule has 0 spiro atoms. The first kappa shape index (κ1) is 21.3. The third kappa shape index (κ3) is 5.78. The van der Waals surface area contributed by atoms with E-state index in [2.05, 4.69) is 74.5 Å². The van der Waals surface area contributed by atoms with Crippen LogP contribution in [0.1, 0.15) is 39.5 Å². The van der Waals surface area contributed by atoms with Gasteiger partial charge in [0, 0.05) is 0 Å². The molecule has 0 heterocycles. The second kappa shape index (κ2) is 10.9. The van der Waals surface area contributed by atoms with Gasteiger partial charge in [-0.05, 0) is 48.8 Å². The van der Waals surface area contributed by atoms with Gasteiger partial charge in [0.2, 0.25) is 0 Å². The highest BCUT2D eigenvalue weighted by Crippen LogP contribution is 2.33. The second-order valence-corrected chi connectivity index (χ2v) is 9.42. The first-order chi connectivity index (χ1) is 14.2. The van der Waals surface area contributed by atoms with E-state index in [4.69, 9.17) is 4.74 Å². The highest BCUT2D eigenvalue weighted by atomic mass is 31.1. The van der Waals surface area contributed by atoms with E-state index in [1.54, 1.807) is 0 Å². The SMILES string of the molecule is CCCC(CCC)C(=O)Oc1ccc(P(c2ccccc2)c2ccccc2)cc1. The average molecular weight is 404 g/mol. The molecule has 150 valence electrons. The molecule has 0 saturated carbocycles. The number of esters is 1. The Morgan fingerprint density at radius 2 is 1.17 bits per heavy atom. The Kier molecular flexibility index (Phi) is 8.02. The molecule has 3 rings (SSSR count). The van der Waals surface area contributed by atoms with Crippen LogP contribution in [0.25, 0.3) is 0 Å². The van der Waals surface area contributed by atoms with Gasteiger partial charge in [-0.3, -0.25) is 4.79 Å². The summed E-state index contributed by atoms with van der Waals surface area (Å²) < 4.78 is 5.70. The molecule has 29 heavy (non-hydrogen) atoms. The largest absolute Gasteiger partial charge is 0.426 e. The van der Waals surface area contributed by atoms with E-state index < -0.39 is 7.92 Å². The maximum atomic E-state index is 12.5. The Morgan fingerprint density at radius 3 is 1.62 bits per heavy atom.